The molecule has 1 heterocycles. The molecule has 0 aliphatic carbocycles. The van der Waals surface area contributed by atoms with E-state index in [4.69, 9.17) is 9.47 Å². The van der Waals surface area contributed by atoms with E-state index in [-0.39, 0.29) is 5.60 Å². The zero-order chi connectivity index (χ0) is 10.6. The molecule has 0 amide bonds. The number of ether oxygens (including phenoxy) is 2. The van der Waals surface area contributed by atoms with Crippen LogP contribution >= 0.6 is 0 Å². The van der Waals surface area contributed by atoms with Gasteiger partial charge >= 0.3 is 0 Å². The van der Waals surface area contributed by atoms with Crippen molar-refractivity contribution in [2.45, 2.75) is 58.7 Å². The fourth-order valence-electron chi connectivity index (χ4n) is 1.41. The van der Waals surface area contributed by atoms with E-state index < -0.39 is 0 Å². The minimum Gasteiger partial charge on any atom is -0.376 e. The van der Waals surface area contributed by atoms with E-state index in [1.54, 1.807) is 0 Å². The molecule has 1 atom stereocenters. The Balaban J connectivity index is 2.24. The summed E-state index contributed by atoms with van der Waals surface area (Å²) in [5.74, 6) is 0.547. The van der Waals surface area contributed by atoms with Gasteiger partial charge in [0.25, 0.3) is 0 Å². The van der Waals surface area contributed by atoms with E-state index >= 15 is 0 Å². The molecule has 1 aliphatic heterocycles. The maximum Gasteiger partial charge on any atom is 0.0808 e. The van der Waals surface area contributed by atoms with Crippen LogP contribution in [-0.4, -0.2) is 24.9 Å². The van der Waals surface area contributed by atoms with Gasteiger partial charge in [-0.3, -0.25) is 0 Å². The lowest BCUT2D eigenvalue weighted by atomic mass is 9.94. The summed E-state index contributed by atoms with van der Waals surface area (Å²) in [4.78, 5) is 0. The predicted octanol–water partition coefficient (Wildman–Crippen LogP) is 3.01. The zero-order valence-corrected chi connectivity index (χ0v) is 10.0. The molecule has 1 unspecified atom stereocenters. The van der Waals surface area contributed by atoms with Crippen LogP contribution in [0, 0.1) is 5.92 Å². The van der Waals surface area contributed by atoms with Crippen LogP contribution in [0.15, 0.2) is 0 Å². The van der Waals surface area contributed by atoms with Crippen LogP contribution in [0.2, 0.25) is 0 Å². The first kappa shape index (κ1) is 12.0. The first-order valence-corrected chi connectivity index (χ1v) is 5.78. The minimum absolute atomic E-state index is 0.0270. The Morgan fingerprint density at radius 2 is 2.07 bits per heavy atom. The van der Waals surface area contributed by atoms with Gasteiger partial charge < -0.3 is 9.47 Å². The lowest BCUT2D eigenvalue weighted by Crippen LogP contribution is -2.35. The van der Waals surface area contributed by atoms with Crippen LogP contribution in [0.4, 0.5) is 0 Å². The second-order valence-corrected chi connectivity index (χ2v) is 5.06. The van der Waals surface area contributed by atoms with Gasteiger partial charge in [0.2, 0.25) is 0 Å². The van der Waals surface area contributed by atoms with E-state index in [0.717, 1.165) is 19.6 Å². The second-order valence-electron chi connectivity index (χ2n) is 5.06. The number of rotatable bonds is 4. The van der Waals surface area contributed by atoms with Crippen LogP contribution in [0.1, 0.15) is 47.0 Å². The molecule has 0 spiro atoms. The summed E-state index contributed by atoms with van der Waals surface area (Å²) in [5.41, 5.74) is -0.0270. The van der Waals surface area contributed by atoms with Gasteiger partial charge in [-0.25, -0.2) is 0 Å². The topological polar surface area (TPSA) is 18.5 Å². The Hall–Kier alpha value is -0.0800. The highest BCUT2D eigenvalue weighted by Gasteiger charge is 2.25. The van der Waals surface area contributed by atoms with Gasteiger partial charge in [0.05, 0.1) is 18.3 Å². The molecule has 1 aliphatic rings. The standard InChI is InChI=1S/C12H24O2/c1-10(2)12(3,4)14-9-11-7-5-6-8-13-11/h10-11H,5-9H2,1-4H3. The first-order valence-electron chi connectivity index (χ1n) is 5.78. The summed E-state index contributed by atoms with van der Waals surface area (Å²) in [6, 6.07) is 0. The van der Waals surface area contributed by atoms with Crippen molar-refractivity contribution in [2.24, 2.45) is 5.92 Å². The van der Waals surface area contributed by atoms with Gasteiger partial charge in [0, 0.05) is 6.61 Å². The quantitative estimate of drug-likeness (QED) is 0.694. The highest BCUT2D eigenvalue weighted by Crippen LogP contribution is 2.22. The Labute approximate surface area is 88.0 Å². The molecule has 2 nitrogen and oxygen atoms in total. The van der Waals surface area contributed by atoms with Crippen molar-refractivity contribution in [2.75, 3.05) is 13.2 Å². The molecule has 0 aromatic rings. The first-order chi connectivity index (χ1) is 6.52. The van der Waals surface area contributed by atoms with Gasteiger partial charge in [-0.05, 0) is 39.0 Å². The Morgan fingerprint density at radius 3 is 2.57 bits per heavy atom. The predicted molar refractivity (Wildman–Crippen MR) is 58.5 cm³/mol. The highest BCUT2D eigenvalue weighted by atomic mass is 16.5. The molecule has 0 radical (unpaired) electrons. The van der Waals surface area contributed by atoms with Crippen molar-refractivity contribution in [3.05, 3.63) is 0 Å². The van der Waals surface area contributed by atoms with Crippen molar-refractivity contribution in [1.82, 2.24) is 0 Å². The van der Waals surface area contributed by atoms with Crippen molar-refractivity contribution < 1.29 is 9.47 Å². The molecule has 84 valence electrons. The second kappa shape index (κ2) is 5.13. The molecule has 0 saturated carbocycles. The molecular formula is C12H24O2. The maximum atomic E-state index is 5.91. The van der Waals surface area contributed by atoms with Crippen molar-refractivity contribution in [3.63, 3.8) is 0 Å². The molecule has 2 heteroatoms. The van der Waals surface area contributed by atoms with E-state index in [2.05, 4.69) is 27.7 Å². The van der Waals surface area contributed by atoms with Crippen LogP contribution in [0.25, 0.3) is 0 Å². The smallest absolute Gasteiger partial charge is 0.0808 e. The Kier molecular flexibility index (Phi) is 4.39. The van der Waals surface area contributed by atoms with Crippen LogP contribution in [0.3, 0.4) is 0 Å². The molecule has 0 aromatic heterocycles. The lowest BCUT2D eigenvalue weighted by Gasteiger charge is -2.32. The van der Waals surface area contributed by atoms with Gasteiger partial charge in [-0.2, -0.15) is 0 Å². The number of hydrogen-bond donors (Lipinski definition) is 0. The summed E-state index contributed by atoms with van der Waals surface area (Å²) >= 11 is 0. The Bertz CT molecular complexity index is 158. The summed E-state index contributed by atoms with van der Waals surface area (Å²) in [6.45, 7) is 10.4. The van der Waals surface area contributed by atoms with E-state index in [1.165, 1.54) is 12.8 Å². The summed E-state index contributed by atoms with van der Waals surface area (Å²) in [5, 5.41) is 0. The maximum absolute atomic E-state index is 5.91. The molecule has 1 rings (SSSR count). The van der Waals surface area contributed by atoms with Crippen LogP contribution < -0.4 is 0 Å². The average Bonchev–Trinajstić information content (AvgIpc) is 2.16. The molecule has 1 saturated heterocycles. The van der Waals surface area contributed by atoms with Gasteiger partial charge in [0.15, 0.2) is 0 Å². The molecule has 0 N–H and O–H groups in total. The number of hydrogen-bond acceptors (Lipinski definition) is 2. The average molecular weight is 200 g/mol. The normalized spacial score (nSPS) is 24.2. The summed E-state index contributed by atoms with van der Waals surface area (Å²) in [7, 11) is 0. The molecule has 1 fully saturated rings. The van der Waals surface area contributed by atoms with Gasteiger partial charge in [-0.15, -0.1) is 0 Å². The van der Waals surface area contributed by atoms with E-state index in [0.29, 0.717) is 12.0 Å². The lowest BCUT2D eigenvalue weighted by molar-refractivity contribution is -0.109. The fourth-order valence-corrected chi connectivity index (χ4v) is 1.41. The zero-order valence-electron chi connectivity index (χ0n) is 10.0. The Morgan fingerprint density at radius 1 is 1.36 bits per heavy atom. The fraction of sp³-hybridized carbons (Fsp3) is 1.00. The minimum atomic E-state index is -0.0270. The third kappa shape index (κ3) is 3.58. The molecular weight excluding hydrogens is 176 g/mol. The highest BCUT2D eigenvalue weighted by molar-refractivity contribution is 4.74. The van der Waals surface area contributed by atoms with E-state index in [9.17, 15) is 0 Å². The summed E-state index contributed by atoms with van der Waals surface area (Å²) < 4.78 is 11.5. The van der Waals surface area contributed by atoms with Gasteiger partial charge in [0.1, 0.15) is 0 Å². The molecule has 14 heavy (non-hydrogen) atoms. The van der Waals surface area contributed by atoms with Crippen molar-refractivity contribution in [3.8, 4) is 0 Å². The van der Waals surface area contributed by atoms with Crippen molar-refractivity contribution >= 4 is 0 Å². The van der Waals surface area contributed by atoms with Gasteiger partial charge in [-0.1, -0.05) is 13.8 Å². The third-order valence-electron chi connectivity index (χ3n) is 3.31. The SMILES string of the molecule is CC(C)C(C)(C)OCC1CCCCO1. The van der Waals surface area contributed by atoms with Crippen LogP contribution in [-0.2, 0) is 9.47 Å². The molecule has 0 aromatic carbocycles. The van der Waals surface area contributed by atoms with E-state index in [1.807, 2.05) is 0 Å². The van der Waals surface area contributed by atoms with Crippen LogP contribution in [0.5, 0.6) is 0 Å². The largest absolute Gasteiger partial charge is 0.376 e. The van der Waals surface area contributed by atoms with Crippen molar-refractivity contribution in [1.29, 1.82) is 0 Å². The molecule has 0 bridgehead atoms. The summed E-state index contributed by atoms with van der Waals surface area (Å²) in [6.07, 6.45) is 4.00. The third-order valence-corrected chi connectivity index (χ3v) is 3.31. The monoisotopic (exact) mass is 200 g/mol.